The van der Waals surface area contributed by atoms with Crippen molar-refractivity contribution in [3.63, 3.8) is 0 Å². The lowest BCUT2D eigenvalue weighted by Gasteiger charge is -2.28. The second-order valence-electron chi connectivity index (χ2n) is 7.67. The van der Waals surface area contributed by atoms with Gasteiger partial charge in [0.15, 0.2) is 10.8 Å². The van der Waals surface area contributed by atoms with E-state index in [-0.39, 0.29) is 11.7 Å². The van der Waals surface area contributed by atoms with Crippen LogP contribution >= 0.6 is 23.1 Å². The van der Waals surface area contributed by atoms with Gasteiger partial charge in [0.1, 0.15) is 16.1 Å². The van der Waals surface area contributed by atoms with E-state index >= 15 is 0 Å². The van der Waals surface area contributed by atoms with Gasteiger partial charge in [-0.1, -0.05) is 47.4 Å². The van der Waals surface area contributed by atoms with Crippen molar-refractivity contribution in [2.75, 3.05) is 29.6 Å². The van der Waals surface area contributed by atoms with Gasteiger partial charge in [0.2, 0.25) is 5.91 Å². The quantitative estimate of drug-likeness (QED) is 0.244. The molecule has 172 valence electrons. The summed E-state index contributed by atoms with van der Waals surface area (Å²) in [5.41, 5.74) is 4.40. The van der Waals surface area contributed by atoms with Crippen LogP contribution in [-0.2, 0) is 22.5 Å². The van der Waals surface area contributed by atoms with Crippen LogP contribution < -0.4 is 10.2 Å². The van der Waals surface area contributed by atoms with E-state index in [4.69, 9.17) is 4.98 Å². The Hall–Kier alpha value is -3.50. The molecule has 2 aromatic heterocycles. The van der Waals surface area contributed by atoms with Crippen molar-refractivity contribution in [1.82, 2.24) is 15.0 Å². The molecule has 1 aliphatic rings. The van der Waals surface area contributed by atoms with E-state index < -0.39 is 5.97 Å². The summed E-state index contributed by atoms with van der Waals surface area (Å²) >= 11 is 2.91. The summed E-state index contributed by atoms with van der Waals surface area (Å²) in [7, 11) is 1.33. The first-order valence-electron chi connectivity index (χ1n) is 10.6. The highest BCUT2D eigenvalue weighted by molar-refractivity contribution is 8.00. The molecule has 0 atom stereocenters. The molecule has 0 aliphatic carbocycles. The fourth-order valence-electron chi connectivity index (χ4n) is 3.76. The summed E-state index contributed by atoms with van der Waals surface area (Å²) in [6.07, 6.45) is 2.48. The van der Waals surface area contributed by atoms with E-state index in [9.17, 15) is 9.59 Å². The number of thiazole rings is 1. The predicted octanol–water partition coefficient (Wildman–Crippen LogP) is 4.17. The Labute approximate surface area is 204 Å². The lowest BCUT2D eigenvalue weighted by molar-refractivity contribution is -0.113. The fourth-order valence-corrected chi connectivity index (χ4v) is 5.67. The van der Waals surface area contributed by atoms with Gasteiger partial charge in [0.25, 0.3) is 0 Å². The molecule has 0 spiro atoms. The van der Waals surface area contributed by atoms with Crippen LogP contribution in [0.15, 0.2) is 59.9 Å². The van der Waals surface area contributed by atoms with E-state index in [1.165, 1.54) is 36.3 Å². The standard InChI is InChI=1S/C24H21N5O3S2/c1-32-23(31)16-6-8-18(9-7-16)27-19(30)13-33-22-20-21(25-14-26-22)28-24(34-20)29-11-10-15-4-2-3-5-17(15)12-29/h2-9,14H,10-13H2,1H3,(H,27,30). The van der Waals surface area contributed by atoms with Crippen molar-refractivity contribution >= 4 is 56.1 Å². The molecule has 1 N–H and O–H groups in total. The number of esters is 1. The molecule has 8 nitrogen and oxygen atoms in total. The first-order valence-corrected chi connectivity index (χ1v) is 12.5. The largest absolute Gasteiger partial charge is 0.465 e. The zero-order valence-corrected chi connectivity index (χ0v) is 20.0. The lowest BCUT2D eigenvalue weighted by atomic mass is 10.0. The number of amides is 1. The van der Waals surface area contributed by atoms with E-state index in [1.807, 2.05) is 0 Å². The molecule has 4 aromatic rings. The van der Waals surface area contributed by atoms with Gasteiger partial charge in [0, 0.05) is 18.8 Å². The Bertz CT molecular complexity index is 1360. The number of benzene rings is 2. The number of aromatic nitrogens is 3. The number of carbonyl (C=O) groups is 2. The maximum absolute atomic E-state index is 12.5. The zero-order chi connectivity index (χ0) is 23.5. The Kier molecular flexibility index (Phi) is 6.41. The number of methoxy groups -OCH3 is 1. The summed E-state index contributed by atoms with van der Waals surface area (Å²) in [6.45, 7) is 1.73. The van der Waals surface area contributed by atoms with Gasteiger partial charge in [-0.25, -0.2) is 14.8 Å². The molecule has 0 saturated heterocycles. The number of fused-ring (bicyclic) bond motifs is 2. The molecule has 1 aliphatic heterocycles. The topological polar surface area (TPSA) is 97.3 Å². The minimum atomic E-state index is -0.418. The van der Waals surface area contributed by atoms with Crippen molar-refractivity contribution in [3.8, 4) is 0 Å². The normalized spacial score (nSPS) is 12.9. The molecule has 0 saturated carbocycles. The Balaban J connectivity index is 1.25. The molecule has 34 heavy (non-hydrogen) atoms. The maximum Gasteiger partial charge on any atom is 0.337 e. The first-order chi connectivity index (χ1) is 16.6. The van der Waals surface area contributed by atoms with Crippen LogP contribution in [-0.4, -0.2) is 46.2 Å². The number of rotatable bonds is 6. The number of ether oxygens (including phenoxy) is 1. The van der Waals surface area contributed by atoms with E-state index in [1.54, 1.807) is 35.6 Å². The van der Waals surface area contributed by atoms with Gasteiger partial charge in [0.05, 0.1) is 18.4 Å². The van der Waals surface area contributed by atoms with Gasteiger partial charge in [-0.15, -0.1) is 0 Å². The Morgan fingerprint density at radius 3 is 2.71 bits per heavy atom. The van der Waals surface area contributed by atoms with Crippen LogP contribution in [0.2, 0.25) is 0 Å². The monoisotopic (exact) mass is 491 g/mol. The van der Waals surface area contributed by atoms with Crippen molar-refractivity contribution in [2.24, 2.45) is 0 Å². The average Bonchev–Trinajstić information content (AvgIpc) is 3.32. The summed E-state index contributed by atoms with van der Waals surface area (Å²) in [6, 6.07) is 15.1. The minimum absolute atomic E-state index is 0.167. The molecule has 5 rings (SSSR count). The van der Waals surface area contributed by atoms with Crippen LogP contribution in [0, 0.1) is 0 Å². The smallest absolute Gasteiger partial charge is 0.337 e. The highest BCUT2D eigenvalue weighted by Crippen LogP contribution is 2.35. The summed E-state index contributed by atoms with van der Waals surface area (Å²) in [5.74, 6) is -0.395. The second kappa shape index (κ2) is 9.78. The summed E-state index contributed by atoms with van der Waals surface area (Å²) in [4.78, 5) is 39.8. The summed E-state index contributed by atoms with van der Waals surface area (Å²) < 4.78 is 5.57. The number of carbonyl (C=O) groups excluding carboxylic acids is 2. The van der Waals surface area contributed by atoms with Gasteiger partial charge in [-0.05, 0) is 41.8 Å². The van der Waals surface area contributed by atoms with E-state index in [0.29, 0.717) is 16.9 Å². The second-order valence-corrected chi connectivity index (χ2v) is 9.62. The van der Waals surface area contributed by atoms with Crippen molar-refractivity contribution in [1.29, 1.82) is 0 Å². The molecule has 3 heterocycles. The van der Waals surface area contributed by atoms with Gasteiger partial charge in [-0.2, -0.15) is 4.98 Å². The SMILES string of the molecule is COC(=O)c1ccc(NC(=O)CSc2ncnc3nc(N4CCc5ccccc5C4)sc23)cc1. The predicted molar refractivity (Wildman–Crippen MR) is 134 cm³/mol. The van der Waals surface area contributed by atoms with Crippen molar-refractivity contribution in [3.05, 3.63) is 71.5 Å². The molecule has 0 bridgehead atoms. The molecule has 0 fully saturated rings. The molecular formula is C24H21N5O3S2. The molecule has 0 unspecified atom stereocenters. The molecule has 2 aromatic carbocycles. The van der Waals surface area contributed by atoms with Gasteiger partial charge < -0.3 is 15.0 Å². The Morgan fingerprint density at radius 1 is 1.12 bits per heavy atom. The minimum Gasteiger partial charge on any atom is -0.465 e. The van der Waals surface area contributed by atoms with Crippen molar-refractivity contribution in [2.45, 2.75) is 18.0 Å². The zero-order valence-electron chi connectivity index (χ0n) is 18.4. The third-order valence-electron chi connectivity index (χ3n) is 5.48. The van der Waals surface area contributed by atoms with Gasteiger partial charge >= 0.3 is 5.97 Å². The fraction of sp³-hybridized carbons (Fsp3) is 0.208. The molecular weight excluding hydrogens is 470 g/mol. The number of nitrogens with zero attached hydrogens (tertiary/aromatic N) is 4. The number of nitrogens with one attached hydrogen (secondary N) is 1. The van der Waals surface area contributed by atoms with Crippen molar-refractivity contribution < 1.29 is 14.3 Å². The van der Waals surface area contributed by atoms with Crippen LogP contribution in [0.1, 0.15) is 21.5 Å². The third kappa shape index (κ3) is 4.73. The first kappa shape index (κ1) is 22.3. The molecule has 10 heteroatoms. The van der Waals surface area contributed by atoms with Crippen LogP contribution in [0.5, 0.6) is 0 Å². The highest BCUT2D eigenvalue weighted by atomic mass is 32.2. The number of hydrogen-bond acceptors (Lipinski definition) is 9. The lowest BCUT2D eigenvalue weighted by Crippen LogP contribution is -2.30. The van der Waals surface area contributed by atoms with Crippen LogP contribution in [0.3, 0.4) is 0 Å². The summed E-state index contributed by atoms with van der Waals surface area (Å²) in [5, 5.41) is 4.49. The van der Waals surface area contributed by atoms with E-state index in [2.05, 4.69) is 49.2 Å². The van der Waals surface area contributed by atoms with Gasteiger partial charge in [-0.3, -0.25) is 4.79 Å². The van der Waals surface area contributed by atoms with Crippen LogP contribution in [0.4, 0.5) is 10.8 Å². The highest BCUT2D eigenvalue weighted by Gasteiger charge is 2.21. The number of hydrogen-bond donors (Lipinski definition) is 1. The number of anilines is 2. The molecule has 0 radical (unpaired) electrons. The maximum atomic E-state index is 12.5. The third-order valence-corrected chi connectivity index (χ3v) is 7.71. The van der Waals surface area contributed by atoms with E-state index in [0.717, 1.165) is 34.4 Å². The number of thioether (sulfide) groups is 1. The van der Waals surface area contributed by atoms with Crippen LogP contribution in [0.25, 0.3) is 10.3 Å². The molecule has 1 amide bonds. The average molecular weight is 492 g/mol. The Morgan fingerprint density at radius 2 is 1.91 bits per heavy atom.